The number of anilines is 1. The number of nitrogens with zero attached hydrogens (tertiary/aromatic N) is 6. The second-order valence-electron chi connectivity index (χ2n) is 8.67. The van der Waals surface area contributed by atoms with Gasteiger partial charge in [-0.2, -0.15) is 10.2 Å². The molecule has 12 heteroatoms. The topological polar surface area (TPSA) is 116 Å². The van der Waals surface area contributed by atoms with Crippen LogP contribution < -0.4 is 10.1 Å². The first-order chi connectivity index (χ1) is 18.0. The van der Waals surface area contributed by atoms with Crippen molar-refractivity contribution in [2.75, 3.05) is 32.6 Å². The first kappa shape index (κ1) is 24.7. The molecule has 0 spiro atoms. The number of hydrogen-bond donors (Lipinski definition) is 1. The largest absolute Gasteiger partial charge is 0.496 e. The highest BCUT2D eigenvalue weighted by Crippen LogP contribution is 2.36. The van der Waals surface area contributed by atoms with Crippen molar-refractivity contribution in [1.82, 2.24) is 29.3 Å². The van der Waals surface area contributed by atoms with Gasteiger partial charge in [-0.05, 0) is 37.1 Å². The molecule has 1 aliphatic rings. The minimum Gasteiger partial charge on any atom is -0.496 e. The van der Waals surface area contributed by atoms with Gasteiger partial charge < -0.3 is 19.7 Å². The van der Waals surface area contributed by atoms with E-state index in [9.17, 15) is 9.59 Å². The number of aromatic nitrogens is 5. The Kier molecular flexibility index (Phi) is 7.06. The van der Waals surface area contributed by atoms with Gasteiger partial charge in [-0.25, -0.2) is 9.50 Å². The first-order valence-electron chi connectivity index (χ1n) is 11.8. The van der Waals surface area contributed by atoms with Crippen LogP contribution in [0.1, 0.15) is 23.2 Å². The molecule has 0 aliphatic carbocycles. The average molecular weight is 524 g/mol. The zero-order valence-electron chi connectivity index (χ0n) is 20.4. The Morgan fingerprint density at radius 2 is 2.14 bits per heavy atom. The summed E-state index contributed by atoms with van der Waals surface area (Å²) < 4.78 is 14.0. The maximum atomic E-state index is 13.3. The van der Waals surface area contributed by atoms with Gasteiger partial charge in [-0.15, -0.1) is 0 Å². The van der Waals surface area contributed by atoms with E-state index in [1.807, 2.05) is 0 Å². The number of carbonyl (C=O) groups is 2. The summed E-state index contributed by atoms with van der Waals surface area (Å²) in [4.78, 5) is 32.4. The molecular weight excluding hydrogens is 498 g/mol. The molecule has 11 nitrogen and oxygen atoms in total. The number of nitrogens with one attached hydrogen (secondary N) is 1. The maximum Gasteiger partial charge on any atom is 0.261 e. The zero-order valence-corrected chi connectivity index (χ0v) is 21.2. The first-order valence-corrected chi connectivity index (χ1v) is 12.2. The molecule has 4 heterocycles. The third-order valence-corrected chi connectivity index (χ3v) is 6.55. The van der Waals surface area contributed by atoms with Gasteiger partial charge in [0.15, 0.2) is 5.65 Å². The Morgan fingerprint density at radius 3 is 2.95 bits per heavy atom. The highest BCUT2D eigenvalue weighted by Gasteiger charge is 2.25. The minimum atomic E-state index is -0.416. The van der Waals surface area contributed by atoms with Crippen LogP contribution in [0.25, 0.3) is 16.9 Å². The van der Waals surface area contributed by atoms with Crippen molar-refractivity contribution in [3.05, 3.63) is 59.6 Å². The van der Waals surface area contributed by atoms with Crippen LogP contribution in [0.5, 0.6) is 5.75 Å². The molecule has 1 saturated heterocycles. The lowest BCUT2D eigenvalue weighted by molar-refractivity contribution is -0.135. The molecule has 3 aromatic heterocycles. The number of ether oxygens (including phenoxy) is 2. The van der Waals surface area contributed by atoms with E-state index >= 15 is 0 Å². The van der Waals surface area contributed by atoms with Crippen molar-refractivity contribution < 1.29 is 19.1 Å². The number of rotatable bonds is 7. The van der Waals surface area contributed by atoms with Crippen molar-refractivity contribution >= 4 is 34.7 Å². The van der Waals surface area contributed by atoms with Crippen LogP contribution in [-0.2, 0) is 16.1 Å². The molecule has 0 radical (unpaired) electrons. The number of piperidine rings is 1. The Labute approximate surface area is 217 Å². The zero-order chi connectivity index (χ0) is 25.9. The summed E-state index contributed by atoms with van der Waals surface area (Å²) in [7, 11) is 3.20. The lowest BCUT2D eigenvalue weighted by Crippen LogP contribution is -2.44. The van der Waals surface area contributed by atoms with Crippen LogP contribution in [0.4, 0.5) is 5.69 Å². The van der Waals surface area contributed by atoms with E-state index in [4.69, 9.17) is 21.1 Å². The van der Waals surface area contributed by atoms with Gasteiger partial charge in [0.05, 0.1) is 25.1 Å². The molecule has 37 heavy (non-hydrogen) atoms. The number of fused-ring (bicyclic) bond motifs is 1. The van der Waals surface area contributed by atoms with E-state index in [0.29, 0.717) is 52.0 Å². The summed E-state index contributed by atoms with van der Waals surface area (Å²) in [6.07, 6.45) is 8.21. The molecule has 1 atom stereocenters. The van der Waals surface area contributed by atoms with Crippen LogP contribution >= 0.6 is 11.6 Å². The third-order valence-electron chi connectivity index (χ3n) is 6.31. The molecule has 4 aromatic rings. The van der Waals surface area contributed by atoms with E-state index in [-0.39, 0.29) is 18.6 Å². The number of halogens is 1. The summed E-state index contributed by atoms with van der Waals surface area (Å²) in [6.45, 7) is 1.21. The molecule has 1 N–H and O–H groups in total. The van der Waals surface area contributed by atoms with Gasteiger partial charge in [-0.1, -0.05) is 11.6 Å². The van der Waals surface area contributed by atoms with Gasteiger partial charge >= 0.3 is 0 Å². The predicted octanol–water partition coefficient (Wildman–Crippen LogP) is 3.14. The average Bonchev–Trinajstić information content (AvgIpc) is 3.52. The molecule has 1 fully saturated rings. The minimum absolute atomic E-state index is 0.000453. The number of amides is 2. The molecule has 1 aliphatic heterocycles. The van der Waals surface area contributed by atoms with Crippen LogP contribution in [0, 0.1) is 0 Å². The van der Waals surface area contributed by atoms with Crippen molar-refractivity contribution in [2.24, 2.45) is 0 Å². The third kappa shape index (κ3) is 5.13. The highest BCUT2D eigenvalue weighted by molar-refractivity contribution is 6.31. The fraction of sp³-hybridized carbons (Fsp3) is 0.320. The van der Waals surface area contributed by atoms with Crippen LogP contribution in [-0.4, -0.2) is 74.5 Å². The van der Waals surface area contributed by atoms with Crippen LogP contribution in [0.3, 0.4) is 0 Å². The summed E-state index contributed by atoms with van der Waals surface area (Å²) in [5.74, 6) is 0.0208. The Hall–Kier alpha value is -3.96. The lowest BCUT2D eigenvalue weighted by Gasteiger charge is -2.31. The predicted molar refractivity (Wildman–Crippen MR) is 137 cm³/mol. The monoisotopic (exact) mass is 523 g/mol. The van der Waals surface area contributed by atoms with E-state index in [0.717, 1.165) is 12.8 Å². The summed E-state index contributed by atoms with van der Waals surface area (Å²) in [5.41, 5.74) is 2.10. The Bertz CT molecular complexity index is 1450. The SMILES string of the molecule is COc1ccc(Cl)cc1-c1nn(CC(=O)N2CCCC(OC)C2)cc1NC(=O)c1cnn2cccnc12. The fourth-order valence-corrected chi connectivity index (χ4v) is 4.60. The van der Waals surface area contributed by atoms with E-state index in [1.54, 1.807) is 62.0 Å². The second-order valence-corrected chi connectivity index (χ2v) is 9.11. The Morgan fingerprint density at radius 1 is 1.27 bits per heavy atom. The number of hydrogen-bond acceptors (Lipinski definition) is 7. The van der Waals surface area contributed by atoms with Crippen LogP contribution in [0.15, 0.2) is 49.1 Å². The number of carbonyl (C=O) groups excluding carboxylic acids is 2. The number of likely N-dealkylation sites (tertiary alicyclic amines) is 1. The molecule has 2 amide bonds. The molecule has 0 saturated carbocycles. The van der Waals surface area contributed by atoms with Gasteiger partial charge in [0.1, 0.15) is 23.6 Å². The molecule has 1 aromatic carbocycles. The smallest absolute Gasteiger partial charge is 0.261 e. The Balaban J connectivity index is 1.48. The quantitative estimate of drug-likeness (QED) is 0.395. The van der Waals surface area contributed by atoms with Gasteiger partial charge in [0, 0.05) is 49.4 Å². The molecule has 5 rings (SSSR count). The van der Waals surface area contributed by atoms with Gasteiger partial charge in [0.2, 0.25) is 5.91 Å². The molecule has 0 bridgehead atoms. The van der Waals surface area contributed by atoms with Crippen molar-refractivity contribution in [3.8, 4) is 17.0 Å². The standard InChI is InChI=1S/C25H26ClN7O4/c1-36-17-5-3-9-31(13-17)22(34)15-32-14-20(23(30-32)18-11-16(26)6-7-21(18)37-2)29-25(35)19-12-28-33-10-4-8-27-24(19)33/h4,6-8,10-12,14,17H,3,5,9,13,15H2,1-2H3,(H,29,35). The fourth-order valence-electron chi connectivity index (χ4n) is 4.43. The van der Waals surface area contributed by atoms with E-state index in [2.05, 4.69) is 20.5 Å². The molecule has 1 unspecified atom stereocenters. The van der Waals surface area contributed by atoms with Gasteiger partial charge in [0.25, 0.3) is 5.91 Å². The van der Waals surface area contributed by atoms with E-state index in [1.165, 1.54) is 15.4 Å². The molecule has 192 valence electrons. The van der Waals surface area contributed by atoms with Crippen molar-refractivity contribution in [2.45, 2.75) is 25.5 Å². The number of benzene rings is 1. The van der Waals surface area contributed by atoms with Crippen molar-refractivity contribution in [1.29, 1.82) is 0 Å². The normalized spacial score (nSPS) is 15.6. The van der Waals surface area contributed by atoms with Crippen LogP contribution in [0.2, 0.25) is 5.02 Å². The second kappa shape index (κ2) is 10.6. The summed E-state index contributed by atoms with van der Waals surface area (Å²) in [5, 5.41) is 12.2. The van der Waals surface area contributed by atoms with Gasteiger partial charge in [-0.3, -0.25) is 14.3 Å². The summed E-state index contributed by atoms with van der Waals surface area (Å²) >= 11 is 6.28. The van der Waals surface area contributed by atoms with Crippen molar-refractivity contribution in [3.63, 3.8) is 0 Å². The molecular formula is C25H26ClN7O4. The van der Waals surface area contributed by atoms with E-state index < -0.39 is 5.91 Å². The summed E-state index contributed by atoms with van der Waals surface area (Å²) in [6, 6.07) is 6.86. The maximum absolute atomic E-state index is 13.3. The lowest BCUT2D eigenvalue weighted by atomic mass is 10.1. The highest BCUT2D eigenvalue weighted by atomic mass is 35.5. The number of methoxy groups -OCH3 is 2.